The molecule has 0 saturated carbocycles. The normalized spacial score (nSPS) is 24.6. The number of nitrogens with one attached hydrogen (secondary N) is 1. The number of carbonyl (C=O) groups excluding carboxylic acids is 2. The second-order valence-electron chi connectivity index (χ2n) is 8.23. The third-order valence-corrected chi connectivity index (χ3v) is 7.21. The van der Waals surface area contributed by atoms with Gasteiger partial charge in [-0.15, -0.1) is 11.8 Å². The molecule has 2 saturated heterocycles. The zero-order valence-electron chi connectivity index (χ0n) is 17.5. The van der Waals surface area contributed by atoms with Crippen LogP contribution in [0, 0.1) is 0 Å². The van der Waals surface area contributed by atoms with Crippen molar-refractivity contribution in [3.8, 4) is 5.75 Å². The van der Waals surface area contributed by atoms with Gasteiger partial charge in [-0.05, 0) is 31.5 Å². The quantitative estimate of drug-likeness (QED) is 0.456. The predicted molar refractivity (Wildman–Crippen MR) is 121 cm³/mol. The summed E-state index contributed by atoms with van der Waals surface area (Å²) in [5, 5.41) is 21.9. The van der Waals surface area contributed by atoms with E-state index in [2.05, 4.69) is 10.3 Å². The highest BCUT2D eigenvalue weighted by Crippen LogP contribution is 2.50. The molecule has 1 unspecified atom stereocenters. The van der Waals surface area contributed by atoms with E-state index in [-0.39, 0.29) is 5.75 Å². The largest absolute Gasteiger partial charge is 0.507 e. The Morgan fingerprint density at radius 3 is 2.47 bits per heavy atom. The molecule has 0 aliphatic carbocycles. The van der Waals surface area contributed by atoms with Gasteiger partial charge in [0.05, 0.1) is 0 Å². The SMILES string of the molecule is CC1(C)S[C@@H]2[C@H](NC(=O)C(N=Cc3ccccc3O)c3ccccc3)C(=O)N2[C@H]1C(=O)O. The third kappa shape index (κ3) is 3.84. The summed E-state index contributed by atoms with van der Waals surface area (Å²) in [5.41, 5.74) is 1.09. The van der Waals surface area contributed by atoms with Gasteiger partial charge < -0.3 is 20.4 Å². The van der Waals surface area contributed by atoms with Crippen molar-refractivity contribution in [1.82, 2.24) is 10.2 Å². The minimum Gasteiger partial charge on any atom is -0.507 e. The maximum absolute atomic E-state index is 13.2. The van der Waals surface area contributed by atoms with E-state index < -0.39 is 46.0 Å². The van der Waals surface area contributed by atoms with Crippen molar-refractivity contribution in [2.45, 2.75) is 42.1 Å². The number of para-hydroxylation sites is 1. The molecule has 2 aromatic carbocycles. The van der Waals surface area contributed by atoms with Gasteiger partial charge in [0.2, 0.25) is 11.8 Å². The van der Waals surface area contributed by atoms with Gasteiger partial charge in [0.1, 0.15) is 23.2 Å². The number of aromatic hydroxyl groups is 1. The number of rotatable bonds is 6. The third-order valence-electron chi connectivity index (χ3n) is 5.64. The summed E-state index contributed by atoms with van der Waals surface area (Å²) in [6, 6.07) is 12.9. The number of amides is 2. The molecule has 0 bridgehead atoms. The van der Waals surface area contributed by atoms with E-state index in [1.54, 1.807) is 56.3 Å². The fraction of sp³-hybridized carbons (Fsp3) is 0.304. The van der Waals surface area contributed by atoms with Crippen LogP contribution in [0.25, 0.3) is 0 Å². The van der Waals surface area contributed by atoms with Crippen LogP contribution in [0.15, 0.2) is 59.6 Å². The minimum absolute atomic E-state index is 0.0394. The van der Waals surface area contributed by atoms with Crippen LogP contribution in [0.2, 0.25) is 0 Å². The average molecular weight is 454 g/mol. The lowest BCUT2D eigenvalue weighted by atomic mass is 9.95. The van der Waals surface area contributed by atoms with Gasteiger partial charge in [-0.25, -0.2) is 4.79 Å². The van der Waals surface area contributed by atoms with Crippen LogP contribution in [-0.2, 0) is 14.4 Å². The Morgan fingerprint density at radius 1 is 1.16 bits per heavy atom. The van der Waals surface area contributed by atoms with Crippen LogP contribution < -0.4 is 5.32 Å². The highest BCUT2D eigenvalue weighted by atomic mass is 32.2. The van der Waals surface area contributed by atoms with Crippen molar-refractivity contribution in [2.24, 2.45) is 4.99 Å². The molecule has 2 amide bonds. The summed E-state index contributed by atoms with van der Waals surface area (Å²) < 4.78 is -0.673. The number of carbonyl (C=O) groups is 3. The van der Waals surface area contributed by atoms with E-state index in [4.69, 9.17) is 0 Å². The number of hydrogen-bond donors (Lipinski definition) is 3. The van der Waals surface area contributed by atoms with E-state index >= 15 is 0 Å². The standard InChI is InChI=1S/C23H23N3O5S/c1-23(2)18(22(30)31)26-20(29)17(21(26)32-23)25-19(28)16(13-8-4-3-5-9-13)24-12-14-10-6-7-11-15(14)27/h3-12,16-18,21,27H,1-2H3,(H,25,28)(H,30,31)/t16?,17-,18+,21-/m1/s1. The highest BCUT2D eigenvalue weighted by Gasteiger charge is 2.64. The molecule has 4 atom stereocenters. The minimum atomic E-state index is -1.06. The number of benzene rings is 2. The summed E-state index contributed by atoms with van der Waals surface area (Å²) in [6.45, 7) is 3.56. The molecule has 8 nitrogen and oxygen atoms in total. The van der Waals surface area contributed by atoms with Crippen LogP contribution >= 0.6 is 11.8 Å². The topological polar surface area (TPSA) is 119 Å². The highest BCUT2D eigenvalue weighted by molar-refractivity contribution is 8.01. The fourth-order valence-electron chi connectivity index (χ4n) is 4.07. The molecule has 0 spiro atoms. The number of hydrogen-bond acceptors (Lipinski definition) is 6. The van der Waals surface area contributed by atoms with Gasteiger partial charge in [0.15, 0.2) is 6.04 Å². The Kier molecular flexibility index (Phi) is 5.68. The van der Waals surface area contributed by atoms with Crippen LogP contribution in [0.5, 0.6) is 5.75 Å². The van der Waals surface area contributed by atoms with Crippen molar-refractivity contribution < 1.29 is 24.6 Å². The van der Waals surface area contributed by atoms with Crippen molar-refractivity contribution in [1.29, 1.82) is 0 Å². The molecule has 9 heteroatoms. The Hall–Kier alpha value is -3.33. The van der Waals surface area contributed by atoms with Crippen molar-refractivity contribution in [2.75, 3.05) is 0 Å². The first-order valence-electron chi connectivity index (χ1n) is 10.1. The number of nitrogens with zero attached hydrogens (tertiary/aromatic N) is 2. The van der Waals surface area contributed by atoms with E-state index in [9.17, 15) is 24.6 Å². The maximum Gasteiger partial charge on any atom is 0.327 e. The second-order valence-corrected chi connectivity index (χ2v) is 10.0. The average Bonchev–Trinajstić information content (AvgIpc) is 3.02. The number of aliphatic carboxylic acids is 1. The number of carboxylic acids is 1. The molecular formula is C23H23N3O5S. The number of fused-ring (bicyclic) bond motifs is 1. The Bertz CT molecular complexity index is 1090. The Balaban J connectivity index is 1.56. The van der Waals surface area contributed by atoms with E-state index in [0.29, 0.717) is 11.1 Å². The number of thioether (sulfide) groups is 1. The van der Waals surface area contributed by atoms with Crippen molar-refractivity contribution in [3.63, 3.8) is 0 Å². The predicted octanol–water partition coefficient (Wildman–Crippen LogP) is 2.18. The van der Waals surface area contributed by atoms with E-state index in [0.717, 1.165) is 0 Å². The molecular weight excluding hydrogens is 430 g/mol. The molecule has 0 aromatic heterocycles. The lowest BCUT2D eigenvalue weighted by molar-refractivity contribution is -0.161. The number of phenolic OH excluding ortho intramolecular Hbond substituents is 1. The zero-order chi connectivity index (χ0) is 23.0. The Labute approximate surface area is 189 Å². The summed E-state index contributed by atoms with van der Waals surface area (Å²) in [6.07, 6.45) is 1.43. The van der Waals surface area contributed by atoms with E-state index in [1.165, 1.54) is 28.9 Å². The van der Waals surface area contributed by atoms with Crippen LogP contribution in [-0.4, -0.2) is 61.3 Å². The molecule has 32 heavy (non-hydrogen) atoms. The lowest BCUT2D eigenvalue weighted by Gasteiger charge is -2.43. The molecule has 2 aliphatic heterocycles. The summed E-state index contributed by atoms with van der Waals surface area (Å²) in [7, 11) is 0. The number of aliphatic imine (C=N–C) groups is 1. The molecule has 4 rings (SSSR count). The molecule has 3 N–H and O–H groups in total. The first-order chi connectivity index (χ1) is 15.2. The van der Waals surface area contributed by atoms with Crippen LogP contribution in [0.3, 0.4) is 0 Å². The van der Waals surface area contributed by atoms with Crippen LogP contribution in [0.4, 0.5) is 0 Å². The number of carboxylic acid groups (broad SMARTS) is 1. The summed E-state index contributed by atoms with van der Waals surface area (Å²) in [5.74, 6) is -1.90. The maximum atomic E-state index is 13.2. The van der Waals surface area contributed by atoms with Gasteiger partial charge in [0, 0.05) is 16.5 Å². The second kappa shape index (κ2) is 8.31. The van der Waals surface area contributed by atoms with Crippen molar-refractivity contribution in [3.05, 3.63) is 65.7 Å². The molecule has 2 fully saturated rings. The molecule has 166 valence electrons. The fourth-order valence-corrected chi connectivity index (χ4v) is 5.70. The van der Waals surface area contributed by atoms with Gasteiger partial charge in [-0.3, -0.25) is 14.6 Å². The number of β-lactam (4-membered cyclic amide) rings is 1. The molecule has 2 aromatic rings. The molecule has 2 aliphatic rings. The van der Waals surface area contributed by atoms with E-state index in [1.807, 2.05) is 6.07 Å². The van der Waals surface area contributed by atoms with Gasteiger partial charge in [-0.2, -0.15) is 0 Å². The summed E-state index contributed by atoms with van der Waals surface area (Å²) in [4.78, 5) is 43.3. The smallest absolute Gasteiger partial charge is 0.327 e. The van der Waals surface area contributed by atoms with Gasteiger partial charge in [0.25, 0.3) is 0 Å². The van der Waals surface area contributed by atoms with Crippen molar-refractivity contribution >= 4 is 35.8 Å². The van der Waals surface area contributed by atoms with Crippen LogP contribution in [0.1, 0.15) is 31.0 Å². The molecule has 2 heterocycles. The van der Waals surface area contributed by atoms with Gasteiger partial charge >= 0.3 is 5.97 Å². The number of phenols is 1. The monoisotopic (exact) mass is 453 g/mol. The zero-order valence-corrected chi connectivity index (χ0v) is 18.3. The first kappa shape index (κ1) is 21.9. The van der Waals surface area contributed by atoms with Gasteiger partial charge in [-0.1, -0.05) is 42.5 Å². The summed E-state index contributed by atoms with van der Waals surface area (Å²) >= 11 is 1.37. The molecule has 0 radical (unpaired) electrons. The Morgan fingerprint density at radius 2 is 1.81 bits per heavy atom. The first-order valence-corrected chi connectivity index (χ1v) is 11.0. The lowest BCUT2D eigenvalue weighted by Crippen LogP contribution is -2.70.